The summed E-state index contributed by atoms with van der Waals surface area (Å²) in [7, 11) is 0. The molecule has 0 bridgehead atoms. The predicted octanol–water partition coefficient (Wildman–Crippen LogP) is 1.54. The van der Waals surface area contributed by atoms with E-state index in [1.54, 1.807) is 4.90 Å². The molecule has 3 N–H and O–H groups in total. The van der Waals surface area contributed by atoms with Crippen LogP contribution < -0.4 is 20.9 Å². The Balaban J connectivity index is 1.60. The molecule has 118 valence electrons. The Morgan fingerprint density at radius 3 is 2.82 bits per heavy atom. The largest absolute Gasteiger partial charge is 0.336 e. The number of amides is 3. The van der Waals surface area contributed by atoms with Crippen LogP contribution in [-0.4, -0.2) is 38.1 Å². The van der Waals surface area contributed by atoms with Crippen molar-refractivity contribution in [1.29, 1.82) is 0 Å². The minimum Gasteiger partial charge on any atom is -0.336 e. The highest BCUT2D eigenvalue weighted by Gasteiger charge is 2.21. The Kier molecular flexibility index (Phi) is 4.58. The molecule has 6 nitrogen and oxygen atoms in total. The smallest absolute Gasteiger partial charge is 0.321 e. The van der Waals surface area contributed by atoms with Crippen molar-refractivity contribution in [3.8, 4) is 0 Å². The maximum absolute atomic E-state index is 12.2. The van der Waals surface area contributed by atoms with E-state index >= 15 is 0 Å². The number of benzene rings is 1. The Morgan fingerprint density at radius 2 is 2.09 bits per heavy atom. The minimum atomic E-state index is -0.0850. The fraction of sp³-hybridized carbons (Fsp3) is 0.500. The highest BCUT2D eigenvalue weighted by atomic mass is 16.2. The van der Waals surface area contributed by atoms with Gasteiger partial charge in [0.15, 0.2) is 0 Å². The highest BCUT2D eigenvalue weighted by molar-refractivity contribution is 5.96. The number of nitrogens with zero attached hydrogens (tertiary/aromatic N) is 1. The first-order valence-electron chi connectivity index (χ1n) is 7.88. The van der Waals surface area contributed by atoms with E-state index in [1.165, 1.54) is 0 Å². The lowest BCUT2D eigenvalue weighted by Gasteiger charge is -2.22. The third-order valence-electron chi connectivity index (χ3n) is 4.23. The number of urea groups is 1. The molecule has 2 saturated heterocycles. The summed E-state index contributed by atoms with van der Waals surface area (Å²) in [4.78, 5) is 25.5. The molecular formula is C16H22N4O2. The molecule has 0 saturated carbocycles. The van der Waals surface area contributed by atoms with E-state index in [9.17, 15) is 9.59 Å². The van der Waals surface area contributed by atoms with Crippen LogP contribution in [0.5, 0.6) is 0 Å². The maximum Gasteiger partial charge on any atom is 0.321 e. The second kappa shape index (κ2) is 6.79. The normalized spacial score (nSPS) is 19.1. The molecule has 0 atom stereocenters. The van der Waals surface area contributed by atoms with Gasteiger partial charge in [0, 0.05) is 30.9 Å². The van der Waals surface area contributed by atoms with Gasteiger partial charge in [-0.3, -0.25) is 9.69 Å². The zero-order valence-electron chi connectivity index (χ0n) is 12.6. The van der Waals surface area contributed by atoms with Crippen molar-refractivity contribution in [2.45, 2.75) is 19.3 Å². The summed E-state index contributed by atoms with van der Waals surface area (Å²) < 4.78 is 0. The van der Waals surface area contributed by atoms with Gasteiger partial charge in [-0.25, -0.2) is 4.79 Å². The number of hydrogen-bond donors (Lipinski definition) is 3. The van der Waals surface area contributed by atoms with E-state index in [4.69, 9.17) is 0 Å². The third-order valence-corrected chi connectivity index (χ3v) is 4.23. The van der Waals surface area contributed by atoms with Crippen LogP contribution in [0.15, 0.2) is 24.3 Å². The van der Waals surface area contributed by atoms with Crippen LogP contribution in [-0.2, 0) is 4.79 Å². The van der Waals surface area contributed by atoms with Crippen molar-refractivity contribution in [2.75, 3.05) is 36.4 Å². The van der Waals surface area contributed by atoms with Crippen LogP contribution in [0.3, 0.4) is 0 Å². The average Bonchev–Trinajstić information content (AvgIpc) is 2.94. The van der Waals surface area contributed by atoms with Crippen LogP contribution in [0.4, 0.5) is 16.2 Å². The van der Waals surface area contributed by atoms with Gasteiger partial charge < -0.3 is 16.0 Å². The second-order valence-electron chi connectivity index (χ2n) is 5.88. The fourth-order valence-corrected chi connectivity index (χ4v) is 3.03. The molecular weight excluding hydrogens is 280 g/mol. The van der Waals surface area contributed by atoms with Gasteiger partial charge in [0.05, 0.1) is 0 Å². The third kappa shape index (κ3) is 3.57. The SMILES string of the molecule is O=C(CC1CCNCC1)Nc1cccc(N2CCNC2=O)c1. The summed E-state index contributed by atoms with van der Waals surface area (Å²) in [5, 5.41) is 9.03. The molecule has 2 aliphatic rings. The van der Waals surface area contributed by atoms with Crippen LogP contribution >= 0.6 is 0 Å². The Hall–Kier alpha value is -2.08. The van der Waals surface area contributed by atoms with E-state index < -0.39 is 0 Å². The number of anilines is 2. The van der Waals surface area contributed by atoms with Gasteiger partial charge in [0.25, 0.3) is 0 Å². The molecule has 2 aliphatic heterocycles. The molecule has 3 rings (SSSR count). The van der Waals surface area contributed by atoms with Gasteiger partial charge in [0.2, 0.25) is 5.91 Å². The first kappa shape index (κ1) is 14.8. The first-order valence-corrected chi connectivity index (χ1v) is 7.88. The van der Waals surface area contributed by atoms with Crippen molar-refractivity contribution in [1.82, 2.24) is 10.6 Å². The molecule has 2 fully saturated rings. The molecule has 1 aromatic rings. The van der Waals surface area contributed by atoms with E-state index in [0.29, 0.717) is 25.4 Å². The number of carbonyl (C=O) groups excluding carboxylic acids is 2. The van der Waals surface area contributed by atoms with Crippen LogP contribution in [0.1, 0.15) is 19.3 Å². The molecule has 0 unspecified atom stereocenters. The molecule has 2 heterocycles. The lowest BCUT2D eigenvalue weighted by molar-refractivity contribution is -0.117. The fourth-order valence-electron chi connectivity index (χ4n) is 3.03. The number of hydrogen-bond acceptors (Lipinski definition) is 3. The summed E-state index contributed by atoms with van der Waals surface area (Å²) >= 11 is 0. The van der Waals surface area contributed by atoms with Crippen molar-refractivity contribution in [3.05, 3.63) is 24.3 Å². The average molecular weight is 302 g/mol. The highest BCUT2D eigenvalue weighted by Crippen LogP contribution is 2.22. The molecule has 0 aliphatic carbocycles. The molecule has 1 aromatic carbocycles. The van der Waals surface area contributed by atoms with Gasteiger partial charge in [-0.1, -0.05) is 6.07 Å². The number of piperidine rings is 1. The standard InChI is InChI=1S/C16H22N4O2/c21-15(10-12-4-6-17-7-5-12)19-13-2-1-3-14(11-13)20-9-8-18-16(20)22/h1-3,11-12,17H,4-10H2,(H,18,22)(H,19,21). The second-order valence-corrected chi connectivity index (χ2v) is 5.88. The summed E-state index contributed by atoms with van der Waals surface area (Å²) in [5.41, 5.74) is 1.56. The van der Waals surface area contributed by atoms with Crippen molar-refractivity contribution in [3.63, 3.8) is 0 Å². The van der Waals surface area contributed by atoms with E-state index in [2.05, 4.69) is 16.0 Å². The van der Waals surface area contributed by atoms with Gasteiger partial charge in [0.1, 0.15) is 0 Å². The van der Waals surface area contributed by atoms with Crippen molar-refractivity contribution in [2.24, 2.45) is 5.92 Å². The van der Waals surface area contributed by atoms with Crippen molar-refractivity contribution < 1.29 is 9.59 Å². The van der Waals surface area contributed by atoms with Gasteiger partial charge in [-0.2, -0.15) is 0 Å². The zero-order chi connectivity index (χ0) is 15.4. The monoisotopic (exact) mass is 302 g/mol. The summed E-state index contributed by atoms with van der Waals surface area (Å²) in [6.07, 6.45) is 2.68. The van der Waals surface area contributed by atoms with Crippen LogP contribution in [0.25, 0.3) is 0 Å². The maximum atomic E-state index is 12.2. The zero-order valence-corrected chi connectivity index (χ0v) is 12.6. The summed E-state index contributed by atoms with van der Waals surface area (Å²) in [6, 6.07) is 7.37. The first-order chi connectivity index (χ1) is 10.7. The molecule has 22 heavy (non-hydrogen) atoms. The summed E-state index contributed by atoms with van der Waals surface area (Å²) in [5.74, 6) is 0.517. The molecule has 0 aromatic heterocycles. The van der Waals surface area contributed by atoms with E-state index in [1.807, 2.05) is 24.3 Å². The number of rotatable bonds is 4. The van der Waals surface area contributed by atoms with Gasteiger partial charge >= 0.3 is 6.03 Å². The van der Waals surface area contributed by atoms with Gasteiger partial charge in [-0.05, 0) is 50.0 Å². The predicted molar refractivity (Wildman–Crippen MR) is 86.0 cm³/mol. The topological polar surface area (TPSA) is 73.5 Å². The van der Waals surface area contributed by atoms with Crippen LogP contribution in [0.2, 0.25) is 0 Å². The van der Waals surface area contributed by atoms with Crippen LogP contribution in [0, 0.1) is 5.92 Å². The minimum absolute atomic E-state index is 0.0509. The molecule has 0 radical (unpaired) electrons. The Labute approximate surface area is 130 Å². The van der Waals surface area contributed by atoms with Crippen molar-refractivity contribution >= 4 is 23.3 Å². The lowest BCUT2D eigenvalue weighted by Crippen LogP contribution is -2.30. The number of nitrogens with one attached hydrogen (secondary N) is 3. The quantitative estimate of drug-likeness (QED) is 0.790. The Bertz CT molecular complexity index is 555. The lowest BCUT2D eigenvalue weighted by atomic mass is 9.94. The van der Waals surface area contributed by atoms with Gasteiger partial charge in [-0.15, -0.1) is 0 Å². The Morgan fingerprint density at radius 1 is 1.27 bits per heavy atom. The molecule has 6 heteroatoms. The molecule has 3 amide bonds. The number of carbonyl (C=O) groups is 2. The van der Waals surface area contributed by atoms with E-state index in [0.717, 1.165) is 37.3 Å². The van der Waals surface area contributed by atoms with E-state index in [-0.39, 0.29) is 11.9 Å². The summed E-state index contributed by atoms with van der Waals surface area (Å²) in [6.45, 7) is 3.31. The molecule has 0 spiro atoms.